The normalized spacial score (nSPS) is 17.9. The Morgan fingerprint density at radius 1 is 1.03 bits per heavy atom. The van der Waals surface area contributed by atoms with Crippen LogP contribution >= 0.6 is 23.1 Å². The topological polar surface area (TPSA) is 85.7 Å². The minimum atomic E-state index is -1.43. The summed E-state index contributed by atoms with van der Waals surface area (Å²) in [6.07, 6.45) is 5.11. The molecule has 4 aromatic rings. The first-order chi connectivity index (χ1) is 18.9. The number of esters is 1. The third kappa shape index (κ3) is 6.30. The van der Waals surface area contributed by atoms with E-state index in [9.17, 15) is 14.7 Å². The minimum absolute atomic E-state index is 0.223. The van der Waals surface area contributed by atoms with Gasteiger partial charge in [-0.15, -0.1) is 11.3 Å². The zero-order valence-electron chi connectivity index (χ0n) is 21.3. The zero-order valence-corrected chi connectivity index (χ0v) is 23.0. The van der Waals surface area contributed by atoms with Crippen molar-refractivity contribution < 1.29 is 24.2 Å². The molecule has 1 aliphatic rings. The van der Waals surface area contributed by atoms with Crippen molar-refractivity contribution in [2.75, 3.05) is 13.7 Å². The highest BCUT2D eigenvalue weighted by Gasteiger charge is 2.42. The average Bonchev–Trinajstić information content (AvgIpc) is 3.47. The fraction of sp³-hybridized carbons (Fsp3) is 0.194. The second kappa shape index (κ2) is 12.0. The monoisotopic (exact) mass is 557 g/mol. The summed E-state index contributed by atoms with van der Waals surface area (Å²) in [5, 5.41) is 11.8. The lowest BCUT2D eigenvalue weighted by atomic mass is 9.89. The molecule has 0 bridgehead atoms. The van der Waals surface area contributed by atoms with Gasteiger partial charge in [0, 0.05) is 5.57 Å². The van der Waals surface area contributed by atoms with Gasteiger partial charge in [0.25, 0.3) is 0 Å². The number of ether oxygens (including phenoxy) is 2. The molecule has 3 aromatic carbocycles. The number of Topliss-reactive ketones (excluding diaryl/α,β-unsaturated/α-hetero) is 1. The number of aromatic nitrogens is 1. The molecule has 198 valence electrons. The lowest BCUT2D eigenvalue weighted by Gasteiger charge is -2.22. The Hall–Kier alpha value is -3.72. The summed E-state index contributed by atoms with van der Waals surface area (Å²) in [4.78, 5) is 30.5. The van der Waals surface area contributed by atoms with Gasteiger partial charge < -0.3 is 14.6 Å². The Morgan fingerprint density at radius 3 is 2.51 bits per heavy atom. The summed E-state index contributed by atoms with van der Waals surface area (Å²) in [7, 11) is 1.33. The first-order valence-corrected chi connectivity index (χ1v) is 14.2. The molecule has 8 heteroatoms. The Bertz CT molecular complexity index is 1510. The standard InChI is InChI=1S/C31H27NO5S2/c1-36-29(34)22-15-13-21(14-16-22)19-24-28(33)27(39-30-32-25-11-5-6-12-26(25)38-30)20-31(24,35)17-7-8-18-37-23-9-3-2-4-10-23/h2-6,9-16,19-20,35H,7-8,17-18H2,1H3/b24-19-. The van der Waals surface area contributed by atoms with Crippen molar-refractivity contribution >= 4 is 51.1 Å². The van der Waals surface area contributed by atoms with Crippen molar-refractivity contribution in [3.05, 3.63) is 107 Å². The van der Waals surface area contributed by atoms with Gasteiger partial charge >= 0.3 is 5.97 Å². The molecule has 1 unspecified atom stereocenters. The fourth-order valence-corrected chi connectivity index (χ4v) is 6.55. The molecule has 0 fully saturated rings. The number of thioether (sulfide) groups is 1. The van der Waals surface area contributed by atoms with Crippen LogP contribution in [0.1, 0.15) is 35.2 Å². The summed E-state index contributed by atoms with van der Waals surface area (Å²) in [5.74, 6) is 0.147. The van der Waals surface area contributed by atoms with E-state index in [2.05, 4.69) is 4.98 Å². The highest BCUT2D eigenvalue weighted by atomic mass is 32.2. The molecule has 1 atom stereocenters. The maximum absolute atomic E-state index is 13.6. The molecule has 0 amide bonds. The van der Waals surface area contributed by atoms with E-state index in [4.69, 9.17) is 9.47 Å². The number of fused-ring (bicyclic) bond motifs is 1. The van der Waals surface area contributed by atoms with Crippen molar-refractivity contribution in [3.8, 4) is 5.75 Å². The Labute approximate surface area is 235 Å². The number of allylic oxidation sites excluding steroid dienone is 1. The van der Waals surface area contributed by atoms with E-state index >= 15 is 0 Å². The van der Waals surface area contributed by atoms with Gasteiger partial charge in [0.15, 0.2) is 10.1 Å². The van der Waals surface area contributed by atoms with Crippen LogP contribution in [-0.2, 0) is 9.53 Å². The number of unbranched alkanes of at least 4 members (excludes halogenated alkanes) is 1. The van der Waals surface area contributed by atoms with Gasteiger partial charge in [-0.1, -0.05) is 54.2 Å². The van der Waals surface area contributed by atoms with E-state index in [0.29, 0.717) is 41.1 Å². The smallest absolute Gasteiger partial charge is 0.337 e. The van der Waals surface area contributed by atoms with Crippen LogP contribution in [0.2, 0.25) is 0 Å². The molecular weight excluding hydrogens is 530 g/mol. The van der Waals surface area contributed by atoms with Crippen LogP contribution in [0.3, 0.4) is 0 Å². The molecule has 1 aliphatic carbocycles. The van der Waals surface area contributed by atoms with Gasteiger partial charge in [0.1, 0.15) is 11.4 Å². The minimum Gasteiger partial charge on any atom is -0.494 e. The van der Waals surface area contributed by atoms with Gasteiger partial charge in [-0.2, -0.15) is 0 Å². The molecule has 0 spiro atoms. The van der Waals surface area contributed by atoms with Crippen molar-refractivity contribution in [2.45, 2.75) is 29.2 Å². The highest BCUT2D eigenvalue weighted by molar-refractivity contribution is 8.05. The van der Waals surface area contributed by atoms with Crippen molar-refractivity contribution in [2.24, 2.45) is 0 Å². The molecule has 0 radical (unpaired) electrons. The van der Waals surface area contributed by atoms with Crippen LogP contribution in [0, 0.1) is 0 Å². The SMILES string of the molecule is COC(=O)c1ccc(/C=C2/C(=O)C(Sc3nc4ccccc4s3)=CC2(O)CCCCOc2ccccc2)cc1. The predicted octanol–water partition coefficient (Wildman–Crippen LogP) is 6.71. The van der Waals surface area contributed by atoms with Crippen LogP contribution in [0.4, 0.5) is 0 Å². The van der Waals surface area contributed by atoms with Gasteiger partial charge in [-0.05, 0) is 73.4 Å². The molecule has 39 heavy (non-hydrogen) atoms. The summed E-state index contributed by atoms with van der Waals surface area (Å²) >= 11 is 2.80. The summed E-state index contributed by atoms with van der Waals surface area (Å²) in [6.45, 7) is 0.513. The quantitative estimate of drug-likeness (QED) is 0.132. The lowest BCUT2D eigenvalue weighted by molar-refractivity contribution is -0.112. The second-order valence-corrected chi connectivity index (χ2v) is 11.4. The predicted molar refractivity (Wildman–Crippen MR) is 155 cm³/mol. The average molecular weight is 558 g/mol. The number of hydrogen-bond donors (Lipinski definition) is 1. The summed E-state index contributed by atoms with van der Waals surface area (Å²) < 4.78 is 12.3. The number of carbonyl (C=O) groups excluding carboxylic acids is 2. The lowest BCUT2D eigenvalue weighted by Crippen LogP contribution is -2.28. The number of thiazole rings is 1. The maximum atomic E-state index is 13.6. The van der Waals surface area contributed by atoms with E-state index in [1.807, 2.05) is 54.6 Å². The number of ketones is 1. The molecule has 6 nitrogen and oxygen atoms in total. The second-order valence-electron chi connectivity index (χ2n) is 9.10. The first-order valence-electron chi connectivity index (χ1n) is 12.6. The van der Waals surface area contributed by atoms with Gasteiger partial charge in [0.2, 0.25) is 0 Å². The van der Waals surface area contributed by atoms with Crippen LogP contribution in [0.5, 0.6) is 5.75 Å². The van der Waals surface area contributed by atoms with Gasteiger partial charge in [-0.3, -0.25) is 4.79 Å². The molecular formula is C31H27NO5S2. The number of hydrogen-bond acceptors (Lipinski definition) is 8. The van der Waals surface area contributed by atoms with Crippen LogP contribution < -0.4 is 4.74 Å². The molecule has 1 aromatic heterocycles. The molecule has 5 rings (SSSR count). The number of benzene rings is 3. The van der Waals surface area contributed by atoms with Crippen LogP contribution in [0.25, 0.3) is 16.3 Å². The van der Waals surface area contributed by atoms with E-state index in [1.165, 1.54) is 30.2 Å². The Balaban J connectivity index is 1.35. The Morgan fingerprint density at radius 2 is 1.77 bits per heavy atom. The van der Waals surface area contributed by atoms with E-state index in [-0.39, 0.29) is 5.78 Å². The third-order valence-electron chi connectivity index (χ3n) is 6.38. The number of aliphatic hydroxyl groups is 1. The van der Waals surface area contributed by atoms with E-state index in [0.717, 1.165) is 26.7 Å². The van der Waals surface area contributed by atoms with E-state index < -0.39 is 11.6 Å². The number of rotatable bonds is 10. The summed E-state index contributed by atoms with van der Waals surface area (Å²) in [5.41, 5.74) is 0.879. The first kappa shape index (κ1) is 26.9. The highest BCUT2D eigenvalue weighted by Crippen LogP contribution is 2.44. The third-order valence-corrected chi connectivity index (χ3v) is 8.50. The largest absolute Gasteiger partial charge is 0.494 e. The van der Waals surface area contributed by atoms with Gasteiger partial charge in [0.05, 0.1) is 34.4 Å². The van der Waals surface area contributed by atoms with Crippen molar-refractivity contribution in [1.29, 1.82) is 0 Å². The van der Waals surface area contributed by atoms with Crippen molar-refractivity contribution in [1.82, 2.24) is 4.98 Å². The molecule has 0 aliphatic heterocycles. The number of nitrogens with zero attached hydrogens (tertiary/aromatic N) is 1. The molecule has 1 heterocycles. The Kier molecular flexibility index (Phi) is 8.26. The zero-order chi connectivity index (χ0) is 27.2. The number of methoxy groups -OCH3 is 1. The molecule has 0 saturated heterocycles. The number of para-hydroxylation sites is 2. The molecule has 1 N–H and O–H groups in total. The van der Waals surface area contributed by atoms with Crippen molar-refractivity contribution in [3.63, 3.8) is 0 Å². The molecule has 0 saturated carbocycles. The summed E-state index contributed by atoms with van der Waals surface area (Å²) in [6, 6.07) is 24.2. The van der Waals surface area contributed by atoms with Crippen LogP contribution in [0.15, 0.2) is 99.8 Å². The fourth-order valence-electron chi connectivity index (χ4n) is 4.35. The van der Waals surface area contributed by atoms with Crippen LogP contribution in [-0.4, -0.2) is 41.2 Å². The number of carbonyl (C=O) groups is 2. The maximum Gasteiger partial charge on any atom is 0.337 e. The van der Waals surface area contributed by atoms with E-state index in [1.54, 1.807) is 36.4 Å². The van der Waals surface area contributed by atoms with Gasteiger partial charge in [-0.25, -0.2) is 9.78 Å².